The molecule has 1 rings (SSSR count). The van der Waals surface area contributed by atoms with E-state index in [-0.39, 0.29) is 6.03 Å². The molecule has 0 aliphatic heterocycles. The highest BCUT2D eigenvalue weighted by Gasteiger charge is 2.00. The Hall–Kier alpha value is -1.30. The fraction of sp³-hybridized carbons (Fsp3) is 0.556. The maximum Gasteiger partial charge on any atom is 0.314 e. The zero-order valence-corrected chi connectivity index (χ0v) is 9.56. The number of anilines is 1. The number of carbonyl (C=O) groups is 1. The number of rotatable bonds is 5. The Morgan fingerprint density at radius 3 is 2.87 bits per heavy atom. The van der Waals surface area contributed by atoms with E-state index in [0.29, 0.717) is 24.6 Å². The molecule has 1 aromatic rings. The van der Waals surface area contributed by atoms with Gasteiger partial charge in [-0.05, 0) is 6.42 Å². The molecule has 5 nitrogen and oxygen atoms in total. The van der Waals surface area contributed by atoms with Gasteiger partial charge in [-0.2, -0.15) is 0 Å². The summed E-state index contributed by atoms with van der Waals surface area (Å²) in [6.07, 6.45) is 1.66. The minimum atomic E-state index is -0.125. The molecule has 6 heteroatoms. The molecule has 0 unspecified atom stereocenters. The zero-order chi connectivity index (χ0) is 11.1. The highest BCUT2D eigenvalue weighted by atomic mass is 32.1. The van der Waals surface area contributed by atoms with Gasteiger partial charge in [0.1, 0.15) is 0 Å². The number of hydrogen-bond acceptors (Lipinski definition) is 4. The number of nitrogen functional groups attached to an aromatic ring is 1. The Kier molecular flexibility index (Phi) is 4.89. The summed E-state index contributed by atoms with van der Waals surface area (Å²) in [5.41, 5.74) is 6.41. The van der Waals surface area contributed by atoms with Gasteiger partial charge in [-0.15, -0.1) is 11.3 Å². The van der Waals surface area contributed by atoms with Gasteiger partial charge in [-0.25, -0.2) is 9.78 Å². The molecule has 0 saturated heterocycles. The molecule has 84 valence electrons. The molecular weight excluding hydrogens is 212 g/mol. The molecule has 0 spiro atoms. The Morgan fingerprint density at radius 2 is 2.27 bits per heavy atom. The number of hydrogen-bond donors (Lipinski definition) is 3. The Bertz CT molecular complexity index is 313. The van der Waals surface area contributed by atoms with Crippen LogP contribution >= 0.6 is 11.3 Å². The van der Waals surface area contributed by atoms with Crippen molar-refractivity contribution in [2.75, 3.05) is 18.8 Å². The van der Waals surface area contributed by atoms with Crippen molar-refractivity contribution in [1.82, 2.24) is 15.6 Å². The van der Waals surface area contributed by atoms with Gasteiger partial charge in [0.05, 0.1) is 5.69 Å². The van der Waals surface area contributed by atoms with Crippen LogP contribution in [0, 0.1) is 0 Å². The van der Waals surface area contributed by atoms with Crippen molar-refractivity contribution >= 4 is 22.5 Å². The summed E-state index contributed by atoms with van der Waals surface area (Å²) in [7, 11) is 0. The van der Waals surface area contributed by atoms with Gasteiger partial charge in [0.15, 0.2) is 5.13 Å². The van der Waals surface area contributed by atoms with E-state index in [0.717, 1.165) is 12.1 Å². The fourth-order valence-electron chi connectivity index (χ4n) is 1.04. The van der Waals surface area contributed by atoms with Gasteiger partial charge in [0.25, 0.3) is 0 Å². The lowest BCUT2D eigenvalue weighted by molar-refractivity contribution is 0.241. The molecule has 0 radical (unpaired) electrons. The summed E-state index contributed by atoms with van der Waals surface area (Å²) >= 11 is 1.42. The number of urea groups is 1. The summed E-state index contributed by atoms with van der Waals surface area (Å²) in [4.78, 5) is 15.2. The van der Waals surface area contributed by atoms with Gasteiger partial charge < -0.3 is 16.4 Å². The summed E-state index contributed by atoms with van der Waals surface area (Å²) < 4.78 is 0. The van der Waals surface area contributed by atoms with Crippen molar-refractivity contribution in [1.29, 1.82) is 0 Å². The molecule has 0 aliphatic rings. The number of thiazole rings is 1. The molecule has 0 atom stereocenters. The molecule has 1 aromatic heterocycles. The van der Waals surface area contributed by atoms with E-state index >= 15 is 0 Å². The van der Waals surface area contributed by atoms with Crippen molar-refractivity contribution in [3.8, 4) is 0 Å². The first kappa shape index (κ1) is 11.8. The maximum atomic E-state index is 11.1. The summed E-state index contributed by atoms with van der Waals surface area (Å²) in [6.45, 7) is 3.30. The average Bonchev–Trinajstić information content (AvgIpc) is 2.61. The van der Waals surface area contributed by atoms with Crippen LogP contribution in [0.2, 0.25) is 0 Å². The number of nitrogens with one attached hydrogen (secondary N) is 2. The van der Waals surface area contributed by atoms with E-state index in [9.17, 15) is 4.79 Å². The third kappa shape index (κ3) is 4.64. The highest BCUT2D eigenvalue weighted by molar-refractivity contribution is 7.13. The number of aromatic nitrogens is 1. The molecule has 2 amide bonds. The summed E-state index contributed by atoms with van der Waals surface area (Å²) in [5, 5.41) is 7.95. The lowest BCUT2D eigenvalue weighted by atomic mass is 10.3. The van der Waals surface area contributed by atoms with Crippen LogP contribution in [-0.4, -0.2) is 24.1 Å². The molecule has 15 heavy (non-hydrogen) atoms. The molecule has 0 aromatic carbocycles. The third-order valence-corrected chi connectivity index (χ3v) is 2.49. The second-order valence-electron chi connectivity index (χ2n) is 3.11. The van der Waals surface area contributed by atoms with Gasteiger partial charge in [0, 0.05) is 24.9 Å². The van der Waals surface area contributed by atoms with E-state index in [2.05, 4.69) is 15.6 Å². The second-order valence-corrected chi connectivity index (χ2v) is 4.00. The fourth-order valence-corrected chi connectivity index (χ4v) is 1.64. The molecule has 1 heterocycles. The highest BCUT2D eigenvalue weighted by Crippen LogP contribution is 2.10. The Morgan fingerprint density at radius 1 is 1.53 bits per heavy atom. The smallest absolute Gasteiger partial charge is 0.314 e. The third-order valence-electron chi connectivity index (χ3n) is 1.77. The van der Waals surface area contributed by atoms with Crippen molar-refractivity contribution in [2.45, 2.75) is 19.8 Å². The van der Waals surface area contributed by atoms with Crippen LogP contribution in [0.25, 0.3) is 0 Å². The predicted molar refractivity (Wildman–Crippen MR) is 61.9 cm³/mol. The molecule has 0 bridgehead atoms. The van der Waals surface area contributed by atoms with Crippen molar-refractivity contribution in [2.24, 2.45) is 0 Å². The quantitative estimate of drug-likeness (QED) is 0.702. The summed E-state index contributed by atoms with van der Waals surface area (Å²) in [6, 6.07) is -0.125. The lowest BCUT2D eigenvalue weighted by Crippen LogP contribution is -2.36. The van der Waals surface area contributed by atoms with E-state index in [1.54, 1.807) is 0 Å². The first-order valence-corrected chi connectivity index (χ1v) is 5.82. The van der Waals surface area contributed by atoms with Crippen LogP contribution in [0.5, 0.6) is 0 Å². The van der Waals surface area contributed by atoms with Gasteiger partial charge >= 0.3 is 6.03 Å². The Balaban J connectivity index is 2.13. The zero-order valence-electron chi connectivity index (χ0n) is 8.75. The van der Waals surface area contributed by atoms with Crippen LogP contribution < -0.4 is 16.4 Å². The minimum Gasteiger partial charge on any atom is -0.375 e. The topological polar surface area (TPSA) is 80.0 Å². The van der Waals surface area contributed by atoms with Gasteiger partial charge in [-0.3, -0.25) is 0 Å². The van der Waals surface area contributed by atoms with Crippen LogP contribution in [-0.2, 0) is 6.42 Å². The first-order chi connectivity index (χ1) is 7.22. The van der Waals surface area contributed by atoms with Crippen LogP contribution in [0.15, 0.2) is 5.38 Å². The molecule has 0 aliphatic carbocycles. The van der Waals surface area contributed by atoms with Gasteiger partial charge in [-0.1, -0.05) is 6.92 Å². The van der Waals surface area contributed by atoms with Crippen LogP contribution in [0.1, 0.15) is 19.0 Å². The van der Waals surface area contributed by atoms with E-state index in [4.69, 9.17) is 5.73 Å². The SMILES string of the molecule is CCCNC(=O)NCCc1csc(N)n1. The number of carbonyl (C=O) groups excluding carboxylic acids is 1. The molecule has 0 saturated carbocycles. The van der Waals surface area contributed by atoms with E-state index < -0.39 is 0 Å². The lowest BCUT2D eigenvalue weighted by Gasteiger charge is -2.04. The molecule has 0 fully saturated rings. The first-order valence-electron chi connectivity index (χ1n) is 4.94. The van der Waals surface area contributed by atoms with Crippen LogP contribution in [0.4, 0.5) is 9.93 Å². The normalized spacial score (nSPS) is 9.93. The van der Waals surface area contributed by atoms with E-state index in [1.165, 1.54) is 11.3 Å². The van der Waals surface area contributed by atoms with Crippen molar-refractivity contribution in [3.05, 3.63) is 11.1 Å². The Labute approximate surface area is 93.1 Å². The second kappa shape index (κ2) is 6.23. The van der Waals surface area contributed by atoms with Crippen LogP contribution in [0.3, 0.4) is 0 Å². The number of amides is 2. The largest absolute Gasteiger partial charge is 0.375 e. The average molecular weight is 228 g/mol. The van der Waals surface area contributed by atoms with Crippen molar-refractivity contribution in [3.63, 3.8) is 0 Å². The maximum absolute atomic E-state index is 11.1. The van der Waals surface area contributed by atoms with Crippen molar-refractivity contribution < 1.29 is 4.79 Å². The molecular formula is C9H16N4OS. The minimum absolute atomic E-state index is 0.125. The monoisotopic (exact) mass is 228 g/mol. The van der Waals surface area contributed by atoms with E-state index in [1.807, 2.05) is 12.3 Å². The predicted octanol–water partition coefficient (Wildman–Crippen LogP) is 0.977. The van der Waals surface area contributed by atoms with Gasteiger partial charge in [0.2, 0.25) is 0 Å². The number of nitrogens with zero attached hydrogens (tertiary/aromatic N) is 1. The molecule has 4 N–H and O–H groups in total. The summed E-state index contributed by atoms with van der Waals surface area (Å²) in [5.74, 6) is 0. The number of nitrogens with two attached hydrogens (primary N) is 1. The standard InChI is InChI=1S/C9H16N4OS/c1-2-4-11-9(14)12-5-3-7-6-15-8(10)13-7/h6H,2-5H2,1H3,(H2,10,13)(H2,11,12,14).